The molecule has 3 aromatic heterocycles. The summed E-state index contributed by atoms with van der Waals surface area (Å²) in [6.07, 6.45) is -1.41. The summed E-state index contributed by atoms with van der Waals surface area (Å²) in [6.45, 7) is 1.38. The van der Waals surface area contributed by atoms with Crippen molar-refractivity contribution in [3.05, 3.63) is 71.1 Å². The normalized spacial score (nSPS) is 23.2. The first-order chi connectivity index (χ1) is 19.3. The van der Waals surface area contributed by atoms with Gasteiger partial charge in [0, 0.05) is 18.4 Å². The van der Waals surface area contributed by atoms with E-state index in [1.165, 1.54) is 24.3 Å². The fourth-order valence-electron chi connectivity index (χ4n) is 4.94. The average molecular weight is 574 g/mol. The van der Waals surface area contributed by atoms with Gasteiger partial charge < -0.3 is 19.7 Å². The SMILES string of the molecule is COC1C(c2nncn2-c2ccc3nc(C)sc3c2)OC(CO)C(O)C1n1cc(-c2cc(F)c(F)c(F)c2)nn1. The second-order valence-electron chi connectivity index (χ2n) is 9.24. The zero-order valence-electron chi connectivity index (χ0n) is 21.0. The summed E-state index contributed by atoms with van der Waals surface area (Å²) in [6, 6.07) is 6.30. The van der Waals surface area contributed by atoms with Crippen molar-refractivity contribution in [2.75, 3.05) is 13.7 Å². The zero-order valence-corrected chi connectivity index (χ0v) is 21.8. The van der Waals surface area contributed by atoms with Gasteiger partial charge in [0.2, 0.25) is 0 Å². The summed E-state index contributed by atoms with van der Waals surface area (Å²) < 4.78 is 57.0. The van der Waals surface area contributed by atoms with E-state index < -0.39 is 54.5 Å². The first kappa shape index (κ1) is 26.5. The predicted molar refractivity (Wildman–Crippen MR) is 135 cm³/mol. The van der Waals surface area contributed by atoms with Gasteiger partial charge in [0.25, 0.3) is 0 Å². The van der Waals surface area contributed by atoms with E-state index >= 15 is 0 Å². The maximum Gasteiger partial charge on any atom is 0.194 e. The van der Waals surface area contributed by atoms with Crippen LogP contribution in [-0.4, -0.2) is 77.0 Å². The van der Waals surface area contributed by atoms with Crippen LogP contribution in [0, 0.1) is 24.4 Å². The van der Waals surface area contributed by atoms with E-state index in [-0.39, 0.29) is 11.3 Å². The van der Waals surface area contributed by atoms with E-state index in [0.717, 1.165) is 33.0 Å². The van der Waals surface area contributed by atoms with Crippen molar-refractivity contribution < 1.29 is 32.9 Å². The molecule has 0 amide bonds. The second kappa shape index (κ2) is 10.3. The minimum Gasteiger partial charge on any atom is -0.394 e. The molecule has 0 radical (unpaired) electrons. The van der Waals surface area contributed by atoms with Crippen molar-refractivity contribution in [2.24, 2.45) is 0 Å². The number of fused-ring (bicyclic) bond motifs is 1. The van der Waals surface area contributed by atoms with Crippen molar-refractivity contribution in [3.8, 4) is 16.9 Å². The molecule has 6 rings (SSSR count). The lowest BCUT2D eigenvalue weighted by molar-refractivity contribution is -0.217. The number of rotatable bonds is 6. The van der Waals surface area contributed by atoms with E-state index in [0.29, 0.717) is 5.82 Å². The fraction of sp³-hybridized carbons (Fsp3) is 0.320. The molecule has 0 aliphatic carbocycles. The Kier molecular flexibility index (Phi) is 6.83. The van der Waals surface area contributed by atoms with Gasteiger partial charge >= 0.3 is 0 Å². The highest BCUT2D eigenvalue weighted by Crippen LogP contribution is 2.40. The van der Waals surface area contributed by atoms with Gasteiger partial charge in [-0.2, -0.15) is 0 Å². The summed E-state index contributed by atoms with van der Waals surface area (Å²) >= 11 is 1.54. The molecule has 5 atom stereocenters. The van der Waals surface area contributed by atoms with Gasteiger partial charge in [0.05, 0.1) is 28.0 Å². The molecule has 2 aromatic carbocycles. The molecule has 4 heterocycles. The molecule has 1 aliphatic heterocycles. The van der Waals surface area contributed by atoms with E-state index in [1.54, 1.807) is 15.9 Å². The number of nitrogens with zero attached hydrogens (tertiary/aromatic N) is 7. The highest BCUT2D eigenvalue weighted by Gasteiger charge is 2.49. The second-order valence-corrected chi connectivity index (χ2v) is 10.5. The van der Waals surface area contributed by atoms with Crippen LogP contribution in [0.15, 0.2) is 42.9 Å². The standard InChI is InChI=1S/C25H22F3N7O4S/c1-11-30-16-4-3-13(7-19(16)40-11)34-10-29-32-25(34)24-23(38-2)21(22(37)18(9-36)39-24)35-8-17(31-33-35)12-5-14(26)20(28)15(27)6-12/h3-8,10,18,21-24,36-37H,9H2,1-2H3. The number of aliphatic hydroxyl groups excluding tert-OH is 2. The van der Waals surface area contributed by atoms with Crippen LogP contribution in [0.5, 0.6) is 0 Å². The van der Waals surface area contributed by atoms with Crippen LogP contribution in [0.2, 0.25) is 0 Å². The molecule has 11 nitrogen and oxygen atoms in total. The molecule has 0 saturated carbocycles. The lowest BCUT2D eigenvalue weighted by Crippen LogP contribution is -2.53. The van der Waals surface area contributed by atoms with E-state index in [4.69, 9.17) is 9.47 Å². The number of aliphatic hydroxyl groups is 2. The summed E-state index contributed by atoms with van der Waals surface area (Å²) in [4.78, 5) is 4.49. The van der Waals surface area contributed by atoms with Gasteiger partial charge in [-0.25, -0.2) is 22.8 Å². The topological polar surface area (TPSA) is 133 Å². The molecular formula is C25H22F3N7O4S. The molecule has 15 heteroatoms. The molecular weight excluding hydrogens is 551 g/mol. The minimum atomic E-state index is -1.60. The molecule has 5 unspecified atom stereocenters. The molecule has 0 spiro atoms. The first-order valence-electron chi connectivity index (χ1n) is 12.1. The van der Waals surface area contributed by atoms with Crippen LogP contribution in [0.25, 0.3) is 27.2 Å². The number of methoxy groups -OCH3 is 1. The summed E-state index contributed by atoms with van der Waals surface area (Å²) in [5, 5.41) is 38.4. The van der Waals surface area contributed by atoms with Crippen LogP contribution >= 0.6 is 11.3 Å². The van der Waals surface area contributed by atoms with E-state index in [1.807, 2.05) is 25.1 Å². The lowest BCUT2D eigenvalue weighted by atomic mass is 9.91. The molecule has 5 aromatic rings. The first-order valence-corrected chi connectivity index (χ1v) is 12.9. The number of benzene rings is 2. The molecule has 1 fully saturated rings. The third-order valence-electron chi connectivity index (χ3n) is 6.82. The van der Waals surface area contributed by atoms with Crippen LogP contribution in [0.4, 0.5) is 13.2 Å². The fourth-order valence-corrected chi connectivity index (χ4v) is 5.80. The molecule has 1 saturated heterocycles. The Hall–Kier alpha value is -3.76. The Morgan fingerprint density at radius 2 is 1.90 bits per heavy atom. The van der Waals surface area contributed by atoms with Gasteiger partial charge in [-0.05, 0) is 37.3 Å². The van der Waals surface area contributed by atoms with Crippen molar-refractivity contribution in [3.63, 3.8) is 0 Å². The number of aryl methyl sites for hydroxylation is 1. The van der Waals surface area contributed by atoms with Gasteiger partial charge in [-0.15, -0.1) is 26.6 Å². The Morgan fingerprint density at radius 3 is 2.62 bits per heavy atom. The number of thiazole rings is 1. The Labute approximate surface area is 228 Å². The minimum absolute atomic E-state index is 0.0276. The van der Waals surface area contributed by atoms with Crippen molar-refractivity contribution >= 4 is 21.6 Å². The van der Waals surface area contributed by atoms with Crippen molar-refractivity contribution in [1.82, 2.24) is 34.7 Å². The third kappa shape index (κ3) is 4.45. The Balaban J connectivity index is 1.39. The maximum atomic E-state index is 13.8. The van der Waals surface area contributed by atoms with Gasteiger partial charge in [0.1, 0.15) is 42.5 Å². The largest absolute Gasteiger partial charge is 0.394 e. The van der Waals surface area contributed by atoms with Crippen LogP contribution in [0.1, 0.15) is 23.0 Å². The van der Waals surface area contributed by atoms with Gasteiger partial charge in [0.15, 0.2) is 23.3 Å². The molecule has 208 valence electrons. The van der Waals surface area contributed by atoms with Gasteiger partial charge in [-0.3, -0.25) is 4.57 Å². The number of ether oxygens (including phenoxy) is 2. The average Bonchev–Trinajstić information content (AvgIpc) is 3.69. The highest BCUT2D eigenvalue weighted by molar-refractivity contribution is 7.18. The van der Waals surface area contributed by atoms with E-state index in [2.05, 4.69) is 25.5 Å². The van der Waals surface area contributed by atoms with Crippen LogP contribution in [-0.2, 0) is 9.47 Å². The number of halogens is 3. The van der Waals surface area contributed by atoms with Gasteiger partial charge in [-0.1, -0.05) is 5.21 Å². The maximum absolute atomic E-state index is 13.8. The van der Waals surface area contributed by atoms with Crippen LogP contribution in [0.3, 0.4) is 0 Å². The van der Waals surface area contributed by atoms with E-state index in [9.17, 15) is 23.4 Å². The Bertz CT molecular complexity index is 1670. The highest BCUT2D eigenvalue weighted by atomic mass is 32.1. The quantitative estimate of drug-likeness (QED) is 0.294. The molecule has 1 aliphatic rings. The lowest BCUT2D eigenvalue weighted by Gasteiger charge is -2.43. The monoisotopic (exact) mass is 573 g/mol. The third-order valence-corrected chi connectivity index (χ3v) is 7.75. The number of hydrogen-bond donors (Lipinski definition) is 2. The van der Waals surface area contributed by atoms with Crippen molar-refractivity contribution in [1.29, 1.82) is 0 Å². The number of hydrogen-bond acceptors (Lipinski definition) is 10. The van der Waals surface area contributed by atoms with Crippen LogP contribution < -0.4 is 0 Å². The summed E-state index contributed by atoms with van der Waals surface area (Å²) in [7, 11) is 1.41. The summed E-state index contributed by atoms with van der Waals surface area (Å²) in [5.74, 6) is -4.02. The molecule has 40 heavy (non-hydrogen) atoms. The summed E-state index contributed by atoms with van der Waals surface area (Å²) in [5.41, 5.74) is 1.57. The number of aromatic nitrogens is 7. The molecule has 0 bridgehead atoms. The molecule has 2 N–H and O–H groups in total. The predicted octanol–water partition coefficient (Wildman–Crippen LogP) is 2.91. The smallest absolute Gasteiger partial charge is 0.194 e. The zero-order chi connectivity index (χ0) is 28.1. The Morgan fingerprint density at radius 1 is 1.12 bits per heavy atom. The van der Waals surface area contributed by atoms with Crippen molar-refractivity contribution in [2.45, 2.75) is 37.4 Å².